The van der Waals surface area contributed by atoms with E-state index in [2.05, 4.69) is 33.2 Å². The van der Waals surface area contributed by atoms with Gasteiger partial charge in [-0.2, -0.15) is 0 Å². The van der Waals surface area contributed by atoms with E-state index >= 15 is 0 Å². The van der Waals surface area contributed by atoms with E-state index < -0.39 is 0 Å². The topological polar surface area (TPSA) is 58.2 Å². The number of fused-ring (bicyclic) bond motifs is 1. The minimum absolute atomic E-state index is 0.239. The number of halogens is 3. The maximum atomic E-state index is 12.7. The molecule has 3 rings (SSSR count). The van der Waals surface area contributed by atoms with Crippen molar-refractivity contribution in [3.05, 3.63) is 60.5 Å². The summed E-state index contributed by atoms with van der Waals surface area (Å²) in [4.78, 5) is 25.8. The Morgan fingerprint density at radius 2 is 1.79 bits per heavy atom. The van der Waals surface area contributed by atoms with E-state index in [1.165, 1.54) is 11.3 Å². The molecule has 0 bridgehead atoms. The SMILES string of the molecule is CC(C)(C)NC(=O)c1sc2c(NC(=O)c3cc(I)ccc3Cl)cccc2c1Cl. The van der Waals surface area contributed by atoms with Gasteiger partial charge in [0.2, 0.25) is 0 Å². The molecule has 2 aromatic carbocycles. The van der Waals surface area contributed by atoms with Gasteiger partial charge in [-0.15, -0.1) is 11.3 Å². The van der Waals surface area contributed by atoms with Gasteiger partial charge in [0.05, 0.1) is 26.0 Å². The largest absolute Gasteiger partial charge is 0.347 e. The first-order chi connectivity index (χ1) is 13.1. The number of thiophene rings is 1. The molecule has 0 fully saturated rings. The average molecular weight is 547 g/mol. The van der Waals surface area contributed by atoms with Crippen molar-refractivity contribution < 1.29 is 9.59 Å². The van der Waals surface area contributed by atoms with Crippen molar-refractivity contribution in [3.8, 4) is 0 Å². The van der Waals surface area contributed by atoms with Crippen LogP contribution in [-0.2, 0) is 0 Å². The minimum Gasteiger partial charge on any atom is -0.347 e. The van der Waals surface area contributed by atoms with Crippen LogP contribution in [0.5, 0.6) is 0 Å². The molecule has 4 nitrogen and oxygen atoms in total. The molecule has 0 aliphatic carbocycles. The zero-order valence-electron chi connectivity index (χ0n) is 15.3. The van der Waals surface area contributed by atoms with Gasteiger partial charge in [-0.25, -0.2) is 0 Å². The smallest absolute Gasteiger partial charge is 0.263 e. The standard InChI is InChI=1S/C20H17Cl2IN2O2S/c1-20(2,3)25-19(27)17-15(22)11-5-4-6-14(16(11)28-17)24-18(26)12-9-10(23)7-8-13(12)21/h4-9H,1-3H3,(H,24,26)(H,25,27). The molecule has 3 aromatic rings. The minimum atomic E-state index is -0.380. The Bertz CT molecular complexity index is 1090. The van der Waals surface area contributed by atoms with Crippen LogP contribution in [0.15, 0.2) is 36.4 Å². The van der Waals surface area contributed by atoms with E-state index in [1.807, 2.05) is 32.9 Å². The van der Waals surface area contributed by atoms with Gasteiger partial charge in [-0.3, -0.25) is 9.59 Å². The number of carbonyl (C=O) groups is 2. The maximum Gasteiger partial charge on any atom is 0.263 e. The quantitative estimate of drug-likeness (QED) is 0.364. The van der Waals surface area contributed by atoms with Crippen LogP contribution < -0.4 is 10.6 Å². The predicted octanol–water partition coefficient (Wildman–Crippen LogP) is 6.59. The zero-order valence-corrected chi connectivity index (χ0v) is 19.8. The van der Waals surface area contributed by atoms with Crippen molar-refractivity contribution in [1.29, 1.82) is 0 Å². The van der Waals surface area contributed by atoms with Crippen LogP contribution in [0.3, 0.4) is 0 Å². The summed E-state index contributed by atoms with van der Waals surface area (Å²) in [5.41, 5.74) is 0.590. The summed E-state index contributed by atoms with van der Waals surface area (Å²) in [6, 6.07) is 10.6. The summed E-state index contributed by atoms with van der Waals surface area (Å²) in [6.07, 6.45) is 0. The van der Waals surface area contributed by atoms with E-state index in [0.717, 1.165) is 13.7 Å². The number of carbonyl (C=O) groups excluding carboxylic acids is 2. The van der Waals surface area contributed by atoms with Gasteiger partial charge in [0.1, 0.15) is 4.88 Å². The highest BCUT2D eigenvalue weighted by molar-refractivity contribution is 14.1. The molecule has 1 heterocycles. The molecule has 0 spiro atoms. The van der Waals surface area contributed by atoms with Gasteiger partial charge >= 0.3 is 0 Å². The summed E-state index contributed by atoms with van der Waals surface area (Å²) in [5, 5.41) is 7.28. The van der Waals surface area contributed by atoms with Crippen molar-refractivity contribution >= 4 is 84.7 Å². The highest BCUT2D eigenvalue weighted by atomic mass is 127. The third kappa shape index (κ3) is 4.62. The van der Waals surface area contributed by atoms with Crippen LogP contribution in [-0.4, -0.2) is 17.4 Å². The molecule has 0 aliphatic heterocycles. The monoisotopic (exact) mass is 546 g/mol. The molecular weight excluding hydrogens is 530 g/mol. The van der Waals surface area contributed by atoms with Crippen LogP contribution in [0.2, 0.25) is 10.0 Å². The molecule has 0 saturated heterocycles. The Hall–Kier alpha value is -1.35. The summed E-state index contributed by atoms with van der Waals surface area (Å²) in [6.45, 7) is 5.72. The number of nitrogens with one attached hydrogen (secondary N) is 2. The summed E-state index contributed by atoms with van der Waals surface area (Å²) >= 11 is 16.0. The highest BCUT2D eigenvalue weighted by Gasteiger charge is 2.23. The highest BCUT2D eigenvalue weighted by Crippen LogP contribution is 2.39. The Kier molecular flexibility index (Phi) is 6.24. The van der Waals surface area contributed by atoms with Crippen molar-refractivity contribution in [1.82, 2.24) is 5.32 Å². The van der Waals surface area contributed by atoms with E-state index in [-0.39, 0.29) is 17.4 Å². The lowest BCUT2D eigenvalue weighted by Gasteiger charge is -2.19. The molecule has 2 N–H and O–H groups in total. The van der Waals surface area contributed by atoms with E-state index in [4.69, 9.17) is 23.2 Å². The van der Waals surface area contributed by atoms with Gasteiger partial charge in [0.15, 0.2) is 0 Å². The first kappa shape index (κ1) is 21.4. The Morgan fingerprint density at radius 1 is 1.07 bits per heavy atom. The fraction of sp³-hybridized carbons (Fsp3) is 0.200. The Morgan fingerprint density at radius 3 is 2.46 bits per heavy atom. The van der Waals surface area contributed by atoms with E-state index in [0.29, 0.717) is 26.2 Å². The number of hydrogen-bond acceptors (Lipinski definition) is 3. The average Bonchev–Trinajstić information content (AvgIpc) is 2.94. The summed E-state index contributed by atoms with van der Waals surface area (Å²) in [5.74, 6) is -0.558. The maximum absolute atomic E-state index is 12.7. The molecule has 8 heteroatoms. The van der Waals surface area contributed by atoms with Crippen molar-refractivity contribution in [3.63, 3.8) is 0 Å². The number of rotatable bonds is 3. The second kappa shape index (κ2) is 8.18. The lowest BCUT2D eigenvalue weighted by atomic mass is 10.1. The molecule has 2 amide bonds. The van der Waals surface area contributed by atoms with Gasteiger partial charge in [0, 0.05) is 14.5 Å². The normalized spacial score (nSPS) is 11.5. The van der Waals surface area contributed by atoms with Gasteiger partial charge in [-0.05, 0) is 67.6 Å². The van der Waals surface area contributed by atoms with Crippen LogP contribution in [0.1, 0.15) is 40.8 Å². The fourth-order valence-electron chi connectivity index (χ4n) is 2.59. The number of amides is 2. The van der Waals surface area contributed by atoms with Crippen LogP contribution in [0, 0.1) is 3.57 Å². The van der Waals surface area contributed by atoms with Crippen LogP contribution in [0.4, 0.5) is 5.69 Å². The predicted molar refractivity (Wildman–Crippen MR) is 126 cm³/mol. The van der Waals surface area contributed by atoms with Crippen molar-refractivity contribution in [2.45, 2.75) is 26.3 Å². The molecule has 0 unspecified atom stereocenters. The number of benzene rings is 2. The lowest BCUT2D eigenvalue weighted by molar-refractivity contribution is 0.0923. The fourth-order valence-corrected chi connectivity index (χ4v) is 4.76. The second-order valence-corrected chi connectivity index (χ2v) is 10.3. The second-order valence-electron chi connectivity index (χ2n) is 7.21. The first-order valence-electron chi connectivity index (χ1n) is 8.37. The van der Waals surface area contributed by atoms with E-state index in [9.17, 15) is 9.59 Å². The molecule has 0 saturated carbocycles. The van der Waals surface area contributed by atoms with Crippen LogP contribution >= 0.6 is 57.1 Å². The number of hydrogen-bond donors (Lipinski definition) is 2. The molecular formula is C20H17Cl2IN2O2S. The molecule has 28 heavy (non-hydrogen) atoms. The Balaban J connectivity index is 1.99. The Labute approximate surface area is 190 Å². The lowest BCUT2D eigenvalue weighted by Crippen LogP contribution is -2.40. The van der Waals surface area contributed by atoms with Gasteiger partial charge in [0.25, 0.3) is 11.8 Å². The molecule has 0 atom stereocenters. The van der Waals surface area contributed by atoms with E-state index in [1.54, 1.807) is 24.3 Å². The molecule has 0 radical (unpaired) electrons. The molecule has 0 aliphatic rings. The third-order valence-electron chi connectivity index (χ3n) is 3.77. The number of anilines is 1. The third-order valence-corrected chi connectivity index (χ3v) is 6.51. The van der Waals surface area contributed by atoms with Crippen LogP contribution in [0.25, 0.3) is 10.1 Å². The first-order valence-corrected chi connectivity index (χ1v) is 11.0. The van der Waals surface area contributed by atoms with Crippen molar-refractivity contribution in [2.75, 3.05) is 5.32 Å². The van der Waals surface area contributed by atoms with Gasteiger partial charge < -0.3 is 10.6 Å². The summed E-state index contributed by atoms with van der Waals surface area (Å²) in [7, 11) is 0. The molecule has 146 valence electrons. The van der Waals surface area contributed by atoms with Crippen molar-refractivity contribution in [2.24, 2.45) is 0 Å². The molecule has 1 aromatic heterocycles. The summed E-state index contributed by atoms with van der Waals surface area (Å²) < 4.78 is 1.65. The zero-order chi connectivity index (χ0) is 20.6. The van der Waals surface area contributed by atoms with Gasteiger partial charge in [-0.1, -0.05) is 35.3 Å².